The molecular formula is C14H18BrN3O6S. The molecular weight excluding hydrogens is 418 g/mol. The van der Waals surface area contributed by atoms with Crippen LogP contribution < -0.4 is 0 Å². The number of nitro benzene ring substituents is 1. The van der Waals surface area contributed by atoms with Gasteiger partial charge in [0.15, 0.2) is 0 Å². The Morgan fingerprint density at radius 1 is 1.36 bits per heavy atom. The highest BCUT2D eigenvalue weighted by Crippen LogP contribution is 2.22. The maximum Gasteiger partial charge on any atom is 0.273 e. The van der Waals surface area contributed by atoms with Gasteiger partial charge in [-0.3, -0.25) is 19.3 Å². The summed E-state index contributed by atoms with van der Waals surface area (Å²) in [7, 11) is -3.67. The molecule has 0 spiro atoms. The van der Waals surface area contributed by atoms with Crippen LogP contribution in [0.2, 0.25) is 0 Å². The van der Waals surface area contributed by atoms with Crippen molar-refractivity contribution in [2.24, 2.45) is 0 Å². The molecule has 0 saturated carbocycles. The molecule has 0 saturated heterocycles. The summed E-state index contributed by atoms with van der Waals surface area (Å²) in [6, 6.07) is 6.94. The third kappa shape index (κ3) is 7.73. The van der Waals surface area contributed by atoms with Gasteiger partial charge in [-0.15, -0.1) is 0 Å². The van der Waals surface area contributed by atoms with Crippen molar-refractivity contribution in [3.63, 3.8) is 0 Å². The number of aliphatic hydroxyl groups excluding tert-OH is 1. The molecule has 0 amide bonds. The standard InChI is InChI=1S/C13H14BrN3O3.CH4O3S/c1-9-6-13(14)15-16(9)8-10-2-3-11(4-5-18)12(7-10)17(19)20;1-5(2,3)4/h2-3,6-7,18H,4-5,8H2,1H3;1H3,(H,2,3,4). The largest absolute Gasteiger partial charge is 0.396 e. The Morgan fingerprint density at radius 2 is 1.96 bits per heavy atom. The van der Waals surface area contributed by atoms with Gasteiger partial charge in [0.1, 0.15) is 4.60 Å². The summed E-state index contributed by atoms with van der Waals surface area (Å²) in [5.41, 5.74) is 2.36. The molecule has 0 bridgehead atoms. The normalized spacial score (nSPS) is 10.9. The maximum atomic E-state index is 11.1. The van der Waals surface area contributed by atoms with E-state index in [2.05, 4.69) is 21.0 Å². The van der Waals surface area contributed by atoms with Crippen molar-refractivity contribution in [3.05, 3.63) is 55.8 Å². The number of aromatic nitrogens is 2. The second kappa shape index (κ2) is 9.04. The van der Waals surface area contributed by atoms with Crippen LogP contribution in [-0.4, -0.2) is 45.6 Å². The first kappa shape index (κ1) is 21.2. The van der Waals surface area contributed by atoms with Gasteiger partial charge in [0, 0.05) is 30.4 Å². The minimum absolute atomic E-state index is 0.0421. The number of nitro groups is 1. The van der Waals surface area contributed by atoms with Crippen molar-refractivity contribution in [3.8, 4) is 0 Å². The van der Waals surface area contributed by atoms with E-state index in [9.17, 15) is 18.5 Å². The Labute approximate surface area is 153 Å². The molecule has 2 aromatic rings. The third-order valence-electron chi connectivity index (χ3n) is 3.01. The summed E-state index contributed by atoms with van der Waals surface area (Å²) in [5.74, 6) is 0. The van der Waals surface area contributed by atoms with Crippen LogP contribution in [0.5, 0.6) is 0 Å². The Balaban J connectivity index is 0.000000550. The topological polar surface area (TPSA) is 136 Å². The second-order valence-electron chi connectivity index (χ2n) is 5.19. The highest BCUT2D eigenvalue weighted by molar-refractivity contribution is 9.10. The molecule has 2 rings (SSSR count). The fourth-order valence-corrected chi connectivity index (χ4v) is 2.54. The lowest BCUT2D eigenvalue weighted by Gasteiger charge is -2.07. The molecule has 0 aliphatic rings. The van der Waals surface area contributed by atoms with Crippen LogP contribution in [0.3, 0.4) is 0 Å². The fourth-order valence-electron chi connectivity index (χ4n) is 2.01. The van der Waals surface area contributed by atoms with E-state index >= 15 is 0 Å². The first-order valence-corrected chi connectivity index (χ1v) is 9.65. The molecule has 1 aromatic heterocycles. The Hall–Kier alpha value is -1.82. The molecule has 25 heavy (non-hydrogen) atoms. The average Bonchev–Trinajstić information content (AvgIpc) is 2.76. The summed E-state index contributed by atoms with van der Waals surface area (Å²) < 4.78 is 28.4. The number of rotatable bonds is 5. The Kier molecular flexibility index (Phi) is 7.67. The number of aryl methyl sites for hydroxylation is 1. The molecule has 11 heteroatoms. The van der Waals surface area contributed by atoms with E-state index in [4.69, 9.17) is 9.66 Å². The molecule has 2 N–H and O–H groups in total. The molecule has 0 aliphatic heterocycles. The molecule has 1 heterocycles. The maximum absolute atomic E-state index is 11.1. The first-order valence-electron chi connectivity index (χ1n) is 7.00. The van der Waals surface area contributed by atoms with E-state index in [1.165, 1.54) is 0 Å². The van der Waals surface area contributed by atoms with Crippen molar-refractivity contribution in [1.29, 1.82) is 0 Å². The highest BCUT2D eigenvalue weighted by atomic mass is 79.9. The van der Waals surface area contributed by atoms with Gasteiger partial charge < -0.3 is 5.11 Å². The quantitative estimate of drug-likeness (QED) is 0.415. The molecule has 138 valence electrons. The lowest BCUT2D eigenvalue weighted by Crippen LogP contribution is -2.05. The van der Waals surface area contributed by atoms with Crippen molar-refractivity contribution < 1.29 is 23.0 Å². The van der Waals surface area contributed by atoms with Gasteiger partial charge in [-0.25, -0.2) is 0 Å². The van der Waals surface area contributed by atoms with E-state index in [0.717, 1.165) is 15.9 Å². The van der Waals surface area contributed by atoms with Crippen LogP contribution in [-0.2, 0) is 23.1 Å². The lowest BCUT2D eigenvalue weighted by molar-refractivity contribution is -0.385. The van der Waals surface area contributed by atoms with Gasteiger partial charge in [0.05, 0.1) is 17.7 Å². The van der Waals surface area contributed by atoms with Crippen LogP contribution in [0.4, 0.5) is 5.69 Å². The lowest BCUT2D eigenvalue weighted by atomic mass is 10.1. The zero-order chi connectivity index (χ0) is 19.2. The number of halogens is 1. The van der Waals surface area contributed by atoms with Crippen molar-refractivity contribution in [2.75, 3.05) is 12.9 Å². The second-order valence-corrected chi connectivity index (χ2v) is 7.47. The van der Waals surface area contributed by atoms with Crippen LogP contribution in [0.15, 0.2) is 28.9 Å². The number of hydrogen-bond donors (Lipinski definition) is 2. The molecule has 0 atom stereocenters. The zero-order valence-corrected chi connectivity index (χ0v) is 16.0. The summed E-state index contributed by atoms with van der Waals surface area (Å²) >= 11 is 3.30. The van der Waals surface area contributed by atoms with Gasteiger partial charge in [0.2, 0.25) is 0 Å². The highest BCUT2D eigenvalue weighted by Gasteiger charge is 2.14. The molecule has 9 nitrogen and oxygen atoms in total. The summed E-state index contributed by atoms with van der Waals surface area (Å²) in [6.07, 6.45) is 0.996. The Morgan fingerprint density at radius 3 is 2.40 bits per heavy atom. The molecule has 0 radical (unpaired) electrons. The van der Waals surface area contributed by atoms with Gasteiger partial charge >= 0.3 is 0 Å². The predicted octanol–water partition coefficient (Wildman–Crippen LogP) is 1.95. The smallest absolute Gasteiger partial charge is 0.273 e. The van der Waals surface area contributed by atoms with Gasteiger partial charge in [-0.05, 0) is 34.5 Å². The van der Waals surface area contributed by atoms with Gasteiger partial charge in [0.25, 0.3) is 15.8 Å². The summed E-state index contributed by atoms with van der Waals surface area (Å²) in [4.78, 5) is 10.6. The Bertz CT molecular complexity index is 842. The first-order chi connectivity index (χ1) is 11.5. The van der Waals surface area contributed by atoms with E-state index in [-0.39, 0.29) is 18.7 Å². The molecule has 1 aromatic carbocycles. The number of nitrogens with zero attached hydrogens (tertiary/aromatic N) is 3. The number of benzene rings is 1. The summed E-state index contributed by atoms with van der Waals surface area (Å²) in [6.45, 7) is 2.29. The fraction of sp³-hybridized carbons (Fsp3) is 0.357. The third-order valence-corrected chi connectivity index (χ3v) is 3.40. The van der Waals surface area contributed by atoms with Crippen LogP contribution in [0, 0.1) is 17.0 Å². The van der Waals surface area contributed by atoms with E-state index in [1.54, 1.807) is 16.8 Å². The predicted molar refractivity (Wildman–Crippen MR) is 95.1 cm³/mol. The van der Waals surface area contributed by atoms with Crippen molar-refractivity contribution in [2.45, 2.75) is 19.9 Å². The van der Waals surface area contributed by atoms with Gasteiger partial charge in [-0.2, -0.15) is 13.5 Å². The van der Waals surface area contributed by atoms with Crippen LogP contribution in [0.25, 0.3) is 0 Å². The monoisotopic (exact) mass is 435 g/mol. The van der Waals surface area contributed by atoms with E-state index in [1.807, 2.05) is 19.1 Å². The average molecular weight is 436 g/mol. The van der Waals surface area contributed by atoms with Crippen LogP contribution >= 0.6 is 15.9 Å². The minimum Gasteiger partial charge on any atom is -0.396 e. The van der Waals surface area contributed by atoms with Crippen molar-refractivity contribution >= 4 is 31.7 Å². The molecule has 0 aliphatic carbocycles. The summed E-state index contributed by atoms with van der Waals surface area (Å²) in [5, 5.41) is 24.3. The van der Waals surface area contributed by atoms with Crippen molar-refractivity contribution in [1.82, 2.24) is 9.78 Å². The van der Waals surface area contributed by atoms with Gasteiger partial charge in [-0.1, -0.05) is 12.1 Å². The molecule has 0 fully saturated rings. The van der Waals surface area contributed by atoms with E-state index < -0.39 is 15.0 Å². The number of aliphatic hydroxyl groups is 1. The number of hydrogen-bond acceptors (Lipinski definition) is 6. The van der Waals surface area contributed by atoms with E-state index in [0.29, 0.717) is 18.4 Å². The van der Waals surface area contributed by atoms with Crippen LogP contribution in [0.1, 0.15) is 16.8 Å². The molecule has 0 unspecified atom stereocenters. The SMILES string of the molecule is CS(=O)(=O)O.Cc1cc(Br)nn1Cc1ccc(CCO)c([N+](=O)[O-])c1. The zero-order valence-electron chi connectivity index (χ0n) is 13.6. The minimum atomic E-state index is -3.67.